The molecule has 42 heavy (non-hydrogen) atoms. The van der Waals surface area contributed by atoms with Crippen molar-refractivity contribution < 1.29 is 43.6 Å². The largest absolute Gasteiger partial charge is 0.466 e. The van der Waals surface area contributed by atoms with Gasteiger partial charge in [0.2, 0.25) is 0 Å². The molecule has 9 nitrogen and oxygen atoms in total. The Kier molecular flexibility index (Phi) is 5.13. The molecule has 2 N–H and O–H groups in total. The maximum Gasteiger partial charge on any atom is 0.337 e. The zero-order chi connectivity index (χ0) is 29.8. The van der Waals surface area contributed by atoms with Crippen molar-refractivity contribution in [3.05, 3.63) is 33.4 Å². The third-order valence-electron chi connectivity index (χ3n) is 13.5. The van der Waals surface area contributed by atoms with Gasteiger partial charge in [-0.2, -0.15) is 0 Å². The smallest absolute Gasteiger partial charge is 0.337 e. The van der Waals surface area contributed by atoms with Crippen LogP contribution in [0.5, 0.6) is 0 Å². The van der Waals surface area contributed by atoms with Crippen LogP contribution in [0.4, 0.5) is 0 Å². The van der Waals surface area contributed by atoms with E-state index < -0.39 is 47.4 Å². The number of ether oxygens (including phenoxy) is 3. The molecule has 224 valence electrons. The predicted molar refractivity (Wildman–Crippen MR) is 145 cm³/mol. The van der Waals surface area contributed by atoms with Gasteiger partial charge >= 0.3 is 17.9 Å². The lowest BCUT2D eigenvalue weighted by Gasteiger charge is -2.63. The molecular weight excluding hydrogens is 540 g/mol. The molecule has 0 aromatic heterocycles. The first-order valence-electron chi connectivity index (χ1n) is 15.3. The Morgan fingerprint density at radius 2 is 1.81 bits per heavy atom. The zero-order valence-corrected chi connectivity index (χ0v) is 24.7. The maximum absolute atomic E-state index is 14.3. The Morgan fingerprint density at radius 1 is 1.07 bits per heavy atom. The standard InChI is InChI=1S/C33H38O9/c1-12(29(38)40-5)24-26-25-16(14-6-20(14)32(25,4)28(37)27(24)36)8-23-31(3)19-7-15(19)18(11-41-13(2)35)21(31)9-22-17(10-34)30(39)42-33(22,23)26/h14-15,18-21,23,26,28,34,37H,6-11H2,1-5H3/t14-,15-,18-,19-,20-,21+,23+,26+,28+,31+,32+,33+/m1/s1. The lowest BCUT2D eigenvalue weighted by atomic mass is 9.42. The fraction of sp³-hybridized carbons (Fsp3) is 0.697. The number of rotatable bonds is 4. The molecule has 0 saturated heterocycles. The van der Waals surface area contributed by atoms with Gasteiger partial charge in [0.05, 0.1) is 31.8 Å². The molecule has 7 aliphatic carbocycles. The van der Waals surface area contributed by atoms with Crippen LogP contribution in [-0.4, -0.2) is 65.9 Å². The molecule has 12 atom stereocenters. The van der Waals surface area contributed by atoms with E-state index in [0.717, 1.165) is 24.0 Å². The van der Waals surface area contributed by atoms with E-state index >= 15 is 0 Å². The summed E-state index contributed by atoms with van der Waals surface area (Å²) < 4.78 is 17.3. The van der Waals surface area contributed by atoms with Crippen molar-refractivity contribution in [1.29, 1.82) is 0 Å². The Hall–Kier alpha value is -2.78. The minimum atomic E-state index is -1.31. The number of hydrogen-bond donors (Lipinski definition) is 2. The lowest BCUT2D eigenvalue weighted by molar-refractivity contribution is -0.179. The molecule has 0 aromatic carbocycles. The van der Waals surface area contributed by atoms with Crippen LogP contribution in [0.15, 0.2) is 33.4 Å². The summed E-state index contributed by atoms with van der Waals surface area (Å²) in [6, 6.07) is 0. The van der Waals surface area contributed by atoms with Crippen LogP contribution in [0, 0.1) is 58.2 Å². The number of aliphatic hydroxyl groups is 2. The van der Waals surface area contributed by atoms with Gasteiger partial charge in [-0.1, -0.05) is 19.4 Å². The number of fused-ring (bicyclic) bond motifs is 7. The van der Waals surface area contributed by atoms with Crippen LogP contribution in [0.3, 0.4) is 0 Å². The second kappa shape index (κ2) is 8.03. The first kappa shape index (κ1) is 26.8. The molecule has 0 aromatic rings. The van der Waals surface area contributed by atoms with Crippen LogP contribution in [-0.2, 0) is 33.4 Å². The van der Waals surface area contributed by atoms with Crippen LogP contribution in [0.2, 0.25) is 0 Å². The molecule has 1 aliphatic heterocycles. The fourth-order valence-corrected chi connectivity index (χ4v) is 11.7. The highest BCUT2D eigenvalue weighted by molar-refractivity contribution is 6.09. The van der Waals surface area contributed by atoms with E-state index in [0.29, 0.717) is 31.3 Å². The average Bonchev–Trinajstić information content (AvgIpc) is 3.86. The molecule has 1 heterocycles. The molecule has 0 unspecified atom stereocenters. The molecule has 8 aliphatic rings. The van der Waals surface area contributed by atoms with Gasteiger partial charge in [0.15, 0.2) is 5.78 Å². The van der Waals surface area contributed by atoms with Gasteiger partial charge in [0.1, 0.15) is 11.7 Å². The minimum absolute atomic E-state index is 0.105. The molecule has 8 rings (SSSR count). The van der Waals surface area contributed by atoms with E-state index in [-0.39, 0.29) is 57.7 Å². The summed E-state index contributed by atoms with van der Waals surface area (Å²) in [7, 11) is 1.27. The first-order chi connectivity index (χ1) is 19.9. The topological polar surface area (TPSA) is 136 Å². The van der Waals surface area contributed by atoms with E-state index in [4.69, 9.17) is 14.2 Å². The van der Waals surface area contributed by atoms with E-state index in [1.807, 2.05) is 6.92 Å². The molecule has 9 heteroatoms. The molecule has 0 amide bonds. The van der Waals surface area contributed by atoms with Crippen LogP contribution in [0.25, 0.3) is 0 Å². The summed E-state index contributed by atoms with van der Waals surface area (Å²) >= 11 is 0. The first-order valence-corrected chi connectivity index (χ1v) is 15.3. The van der Waals surface area contributed by atoms with Gasteiger partial charge in [-0.05, 0) is 84.7 Å². The Morgan fingerprint density at radius 3 is 2.48 bits per heavy atom. The molecule has 5 fully saturated rings. The second-order valence-corrected chi connectivity index (χ2v) is 14.6. The van der Waals surface area contributed by atoms with E-state index in [9.17, 15) is 29.4 Å². The normalized spacial score (nSPS) is 49.7. The Bertz CT molecular complexity index is 1500. The number of ketones is 1. The predicted octanol–water partition coefficient (Wildman–Crippen LogP) is 2.45. The van der Waals surface area contributed by atoms with Gasteiger partial charge < -0.3 is 24.4 Å². The maximum atomic E-state index is 14.3. The van der Waals surface area contributed by atoms with Crippen LogP contribution < -0.4 is 0 Å². The van der Waals surface area contributed by atoms with Crippen molar-refractivity contribution >= 4 is 23.7 Å². The van der Waals surface area contributed by atoms with Gasteiger partial charge in [-0.15, -0.1) is 0 Å². The van der Waals surface area contributed by atoms with Crippen molar-refractivity contribution in [1.82, 2.24) is 0 Å². The van der Waals surface area contributed by atoms with Crippen molar-refractivity contribution in [2.75, 3.05) is 20.3 Å². The Balaban J connectivity index is 1.40. The van der Waals surface area contributed by atoms with Gasteiger partial charge in [-0.25, -0.2) is 9.59 Å². The summed E-state index contributed by atoms with van der Waals surface area (Å²) in [5.41, 5.74) is 1.12. The molecule has 0 radical (unpaired) electrons. The van der Waals surface area contributed by atoms with Gasteiger partial charge in [0.25, 0.3) is 0 Å². The highest BCUT2D eigenvalue weighted by Gasteiger charge is 2.81. The third kappa shape index (κ3) is 2.75. The van der Waals surface area contributed by atoms with Crippen LogP contribution >= 0.6 is 0 Å². The number of esters is 3. The highest BCUT2D eigenvalue weighted by Crippen LogP contribution is 2.82. The van der Waals surface area contributed by atoms with Gasteiger partial charge in [0, 0.05) is 29.4 Å². The summed E-state index contributed by atoms with van der Waals surface area (Å²) in [6.45, 7) is 7.09. The number of allylic oxidation sites excluding steroid dienone is 1. The summed E-state index contributed by atoms with van der Waals surface area (Å²) in [6.07, 6.45) is 1.78. The third-order valence-corrected chi connectivity index (χ3v) is 13.5. The highest BCUT2D eigenvalue weighted by atomic mass is 16.6. The van der Waals surface area contributed by atoms with Crippen molar-refractivity contribution in [2.24, 2.45) is 58.2 Å². The summed E-state index contributed by atoms with van der Waals surface area (Å²) in [5, 5.41) is 22.2. The van der Waals surface area contributed by atoms with E-state index in [1.54, 1.807) is 6.92 Å². The number of hydrogen-bond acceptors (Lipinski definition) is 9. The monoisotopic (exact) mass is 578 g/mol. The average molecular weight is 579 g/mol. The van der Waals surface area contributed by atoms with Gasteiger partial charge in [-0.3, -0.25) is 9.59 Å². The number of Topliss-reactive ketones (excluding diaryl/α,β-unsaturated/α-hetero) is 1. The Labute approximate surface area is 244 Å². The number of carbonyl (C=O) groups excluding carboxylic acids is 4. The van der Waals surface area contributed by atoms with Crippen molar-refractivity contribution in [3.8, 4) is 0 Å². The van der Waals surface area contributed by atoms with Crippen molar-refractivity contribution in [2.45, 2.75) is 65.1 Å². The summed E-state index contributed by atoms with van der Waals surface area (Å²) in [4.78, 5) is 52.8. The SMILES string of the molecule is COC(=O)C(C)=C1C(=O)[C@H](O)[C@]2(C)C3=C(C[C@@H]4[C@]5(OC(=O)C(CO)=C5C[C@H]5[C@H](COC(C)=O)[C@H]6C[C@H]6[C@]45C)[C@@H]13)[C@H]1C[C@H]12. The van der Waals surface area contributed by atoms with Crippen molar-refractivity contribution in [3.63, 3.8) is 0 Å². The number of aliphatic hydroxyl groups excluding tert-OH is 2. The quantitative estimate of drug-likeness (QED) is 0.223. The number of carbonyl (C=O) groups is 4. The lowest BCUT2D eigenvalue weighted by Crippen LogP contribution is -2.66. The molecule has 5 saturated carbocycles. The second-order valence-electron chi connectivity index (χ2n) is 14.6. The minimum Gasteiger partial charge on any atom is -0.466 e. The van der Waals surface area contributed by atoms with E-state index in [1.165, 1.54) is 19.6 Å². The molecule has 0 bridgehead atoms. The van der Waals surface area contributed by atoms with E-state index in [2.05, 4.69) is 6.92 Å². The fourth-order valence-electron chi connectivity index (χ4n) is 11.7. The zero-order valence-electron chi connectivity index (χ0n) is 24.7. The van der Waals surface area contributed by atoms with Crippen LogP contribution in [0.1, 0.15) is 53.4 Å². The number of methoxy groups -OCH3 is 1. The summed E-state index contributed by atoms with van der Waals surface area (Å²) in [5.74, 6) is -1.61. The molecule has 1 spiro atoms. The molecular formula is C33H38O9.